The van der Waals surface area contributed by atoms with Crippen LogP contribution in [0.25, 0.3) is 10.8 Å². The van der Waals surface area contributed by atoms with Crippen LogP contribution in [0, 0.1) is 0 Å². The van der Waals surface area contributed by atoms with Crippen molar-refractivity contribution in [2.45, 2.75) is 12.5 Å². The molecule has 1 aliphatic rings. The van der Waals surface area contributed by atoms with Crippen molar-refractivity contribution in [1.82, 2.24) is 4.90 Å². The first kappa shape index (κ1) is 16.5. The van der Waals surface area contributed by atoms with E-state index in [2.05, 4.69) is 0 Å². The molecule has 0 aliphatic carbocycles. The fourth-order valence-electron chi connectivity index (χ4n) is 3.44. The number of rotatable bonds is 4. The number of carbonyl (C=O) groups excluding carboxylic acids is 3. The molecule has 1 heterocycles. The van der Waals surface area contributed by atoms with E-state index in [1.165, 1.54) is 0 Å². The van der Waals surface area contributed by atoms with Crippen LogP contribution >= 0.6 is 11.6 Å². The monoisotopic (exact) mass is 363 g/mol. The van der Waals surface area contributed by atoms with Crippen molar-refractivity contribution >= 4 is 39.4 Å². The molecule has 2 amide bonds. The zero-order valence-electron chi connectivity index (χ0n) is 13.7. The van der Waals surface area contributed by atoms with Gasteiger partial charge in [-0.3, -0.25) is 19.3 Å². The maximum atomic E-state index is 12.7. The van der Waals surface area contributed by atoms with Gasteiger partial charge in [-0.05, 0) is 40.1 Å². The topological polar surface area (TPSA) is 54.5 Å². The molecule has 1 aliphatic heterocycles. The van der Waals surface area contributed by atoms with E-state index in [0.717, 1.165) is 21.2 Å². The minimum Gasteiger partial charge on any atom is -0.279 e. The van der Waals surface area contributed by atoms with Crippen molar-refractivity contribution < 1.29 is 14.4 Å². The summed E-state index contributed by atoms with van der Waals surface area (Å²) in [5.74, 6) is -0.963. The van der Waals surface area contributed by atoms with Gasteiger partial charge in [0.05, 0.1) is 11.1 Å². The van der Waals surface area contributed by atoms with E-state index in [0.29, 0.717) is 11.1 Å². The van der Waals surface area contributed by atoms with Gasteiger partial charge in [-0.2, -0.15) is 0 Å². The van der Waals surface area contributed by atoms with Crippen LogP contribution in [0.15, 0.2) is 66.7 Å². The van der Waals surface area contributed by atoms with Crippen LogP contribution in [0.4, 0.5) is 0 Å². The smallest absolute Gasteiger partial charge is 0.262 e. The van der Waals surface area contributed by atoms with E-state index >= 15 is 0 Å². The van der Waals surface area contributed by atoms with Gasteiger partial charge in [0, 0.05) is 6.42 Å². The van der Waals surface area contributed by atoms with E-state index in [9.17, 15) is 14.4 Å². The van der Waals surface area contributed by atoms with Crippen LogP contribution in [0.5, 0.6) is 0 Å². The highest BCUT2D eigenvalue weighted by Crippen LogP contribution is 2.28. The summed E-state index contributed by atoms with van der Waals surface area (Å²) < 4.78 is 0. The standard InChI is InChI=1S/C21H14ClNO3/c22-19(24)18(12-14-8-5-7-13-6-1-2-9-15(13)14)23-20(25)16-10-3-4-11-17(16)21(23)26/h1-11,18H,12H2/t18-/m0/s1. The zero-order chi connectivity index (χ0) is 18.3. The minimum absolute atomic E-state index is 0.176. The van der Waals surface area contributed by atoms with Gasteiger partial charge in [-0.15, -0.1) is 0 Å². The molecule has 4 rings (SSSR count). The average molecular weight is 364 g/mol. The predicted molar refractivity (Wildman–Crippen MR) is 99.2 cm³/mol. The molecule has 0 aromatic heterocycles. The second-order valence-electron chi connectivity index (χ2n) is 6.19. The summed E-state index contributed by atoms with van der Waals surface area (Å²) in [5.41, 5.74) is 1.47. The summed E-state index contributed by atoms with van der Waals surface area (Å²) >= 11 is 5.81. The third-order valence-electron chi connectivity index (χ3n) is 4.69. The number of nitrogens with zero attached hydrogens (tertiary/aromatic N) is 1. The molecule has 1 atom stereocenters. The maximum absolute atomic E-state index is 12.7. The summed E-state index contributed by atoms with van der Waals surface area (Å²) in [5, 5.41) is 1.26. The molecule has 3 aromatic carbocycles. The van der Waals surface area contributed by atoms with Gasteiger partial charge in [0.2, 0.25) is 5.24 Å². The summed E-state index contributed by atoms with van der Waals surface area (Å²) in [6, 6.07) is 19.0. The summed E-state index contributed by atoms with van der Waals surface area (Å²) in [4.78, 5) is 38.5. The van der Waals surface area contributed by atoms with Crippen LogP contribution in [-0.4, -0.2) is 28.0 Å². The number of benzene rings is 3. The molecule has 128 valence electrons. The molecule has 0 bridgehead atoms. The second kappa shape index (κ2) is 6.39. The Hall–Kier alpha value is -2.98. The maximum Gasteiger partial charge on any atom is 0.262 e. The number of carbonyl (C=O) groups is 3. The van der Waals surface area contributed by atoms with Crippen LogP contribution < -0.4 is 0 Å². The van der Waals surface area contributed by atoms with Gasteiger partial charge in [0.25, 0.3) is 11.8 Å². The van der Waals surface area contributed by atoms with Gasteiger partial charge >= 0.3 is 0 Å². The van der Waals surface area contributed by atoms with Gasteiger partial charge < -0.3 is 0 Å². The van der Waals surface area contributed by atoms with E-state index in [1.54, 1.807) is 24.3 Å². The van der Waals surface area contributed by atoms with Crippen LogP contribution in [0.3, 0.4) is 0 Å². The Labute approximate surface area is 155 Å². The summed E-state index contributed by atoms with van der Waals surface area (Å²) in [6.45, 7) is 0. The summed E-state index contributed by atoms with van der Waals surface area (Å²) in [7, 11) is 0. The molecule has 3 aromatic rings. The number of fused-ring (bicyclic) bond motifs is 2. The van der Waals surface area contributed by atoms with Crippen molar-refractivity contribution in [2.75, 3.05) is 0 Å². The molecule has 0 saturated heterocycles. The van der Waals surface area contributed by atoms with Crippen LogP contribution in [0.2, 0.25) is 0 Å². The van der Waals surface area contributed by atoms with E-state index < -0.39 is 23.1 Å². The Morgan fingerprint density at radius 3 is 2.08 bits per heavy atom. The van der Waals surface area contributed by atoms with Crippen LogP contribution in [0.1, 0.15) is 26.3 Å². The molecule has 0 unspecified atom stereocenters. The predicted octanol–water partition coefficient (Wildman–Crippen LogP) is 3.81. The van der Waals surface area contributed by atoms with Gasteiger partial charge in [-0.25, -0.2) is 0 Å². The zero-order valence-corrected chi connectivity index (χ0v) is 14.4. The third-order valence-corrected chi connectivity index (χ3v) is 4.94. The van der Waals surface area contributed by atoms with Gasteiger partial charge in [0.1, 0.15) is 6.04 Å². The van der Waals surface area contributed by atoms with E-state index in [-0.39, 0.29) is 6.42 Å². The van der Waals surface area contributed by atoms with Crippen molar-refractivity contribution in [2.24, 2.45) is 0 Å². The molecule has 26 heavy (non-hydrogen) atoms. The fourth-order valence-corrected chi connectivity index (χ4v) is 3.62. The van der Waals surface area contributed by atoms with Crippen molar-refractivity contribution in [1.29, 1.82) is 0 Å². The molecule has 0 spiro atoms. The summed E-state index contributed by atoms with van der Waals surface area (Å²) in [6.07, 6.45) is 0.176. The SMILES string of the molecule is O=C(Cl)[C@H](Cc1cccc2ccccc12)N1C(=O)c2ccccc2C1=O. The minimum atomic E-state index is -1.05. The number of hydrogen-bond donors (Lipinski definition) is 0. The number of imide groups is 1. The van der Waals surface area contributed by atoms with Crippen molar-refractivity contribution in [3.05, 3.63) is 83.4 Å². The third kappa shape index (κ3) is 2.59. The Kier molecular flexibility index (Phi) is 4.05. The lowest BCUT2D eigenvalue weighted by Gasteiger charge is -2.23. The van der Waals surface area contributed by atoms with Crippen molar-refractivity contribution in [3.63, 3.8) is 0 Å². The van der Waals surface area contributed by atoms with E-state index in [4.69, 9.17) is 11.6 Å². The highest BCUT2D eigenvalue weighted by atomic mass is 35.5. The molecular formula is C21H14ClNO3. The Bertz CT molecular complexity index is 1020. The first-order valence-corrected chi connectivity index (χ1v) is 8.58. The normalized spacial score (nSPS) is 14.6. The fraction of sp³-hybridized carbons (Fsp3) is 0.0952. The Morgan fingerprint density at radius 2 is 1.42 bits per heavy atom. The first-order chi connectivity index (χ1) is 12.6. The lowest BCUT2D eigenvalue weighted by molar-refractivity contribution is -0.115. The molecule has 0 N–H and O–H groups in total. The highest BCUT2D eigenvalue weighted by Gasteiger charge is 2.42. The lowest BCUT2D eigenvalue weighted by atomic mass is 9.98. The molecular weight excluding hydrogens is 350 g/mol. The molecule has 0 saturated carbocycles. The molecule has 0 radical (unpaired) electrons. The Balaban J connectivity index is 1.75. The number of hydrogen-bond acceptors (Lipinski definition) is 3. The quantitative estimate of drug-likeness (QED) is 0.523. The highest BCUT2D eigenvalue weighted by molar-refractivity contribution is 6.65. The Morgan fingerprint density at radius 1 is 0.846 bits per heavy atom. The van der Waals surface area contributed by atoms with Gasteiger partial charge in [-0.1, -0.05) is 54.6 Å². The average Bonchev–Trinajstić information content (AvgIpc) is 2.91. The molecule has 5 heteroatoms. The lowest BCUT2D eigenvalue weighted by Crippen LogP contribution is -2.44. The van der Waals surface area contributed by atoms with E-state index in [1.807, 2.05) is 42.5 Å². The molecule has 4 nitrogen and oxygen atoms in total. The largest absolute Gasteiger partial charge is 0.279 e. The van der Waals surface area contributed by atoms with Crippen molar-refractivity contribution in [3.8, 4) is 0 Å². The van der Waals surface area contributed by atoms with Crippen LogP contribution in [-0.2, 0) is 11.2 Å². The van der Waals surface area contributed by atoms with Gasteiger partial charge in [0.15, 0.2) is 0 Å². The second-order valence-corrected chi connectivity index (χ2v) is 6.56. The first-order valence-electron chi connectivity index (χ1n) is 8.21. The number of halogens is 1. The molecule has 0 fully saturated rings. The number of amides is 2.